The molecule has 0 fully saturated rings. The molecule has 0 atom stereocenters. The Hall–Kier alpha value is 1.13. The Balaban J connectivity index is -0.000000457. The van der Waals surface area contributed by atoms with Crippen molar-refractivity contribution in [2.45, 2.75) is 569 Å². The third kappa shape index (κ3) is 109. The van der Waals surface area contributed by atoms with Gasteiger partial charge in [-0.15, -0.1) is 0 Å². The molecular weight excluding hydrogens is 1610 g/mol. The summed E-state index contributed by atoms with van der Waals surface area (Å²) in [7, 11) is 0. The van der Waals surface area contributed by atoms with Crippen molar-refractivity contribution in [3.8, 4) is 0 Å². The molecule has 0 unspecified atom stereocenters. The summed E-state index contributed by atoms with van der Waals surface area (Å²) < 4.78 is 2.73. The second kappa shape index (κ2) is 111. The summed E-state index contributed by atoms with van der Waals surface area (Å²) >= 11 is 42.2. The van der Waals surface area contributed by atoms with Crippen LogP contribution in [0, 0.1) is 0 Å². The van der Waals surface area contributed by atoms with Crippen molar-refractivity contribution in [3.05, 3.63) is 0 Å². The Morgan fingerprint density at radius 3 is 0.257 bits per heavy atom. The molecule has 0 aromatic rings. The average molecular weight is 1810 g/mol. The van der Waals surface area contributed by atoms with E-state index < -0.39 is 0 Å². The molecule has 0 aromatic carbocycles. The molecule has 0 spiro atoms. The molecule has 0 heterocycles. The van der Waals surface area contributed by atoms with Gasteiger partial charge in [-0.3, -0.25) is 0 Å². The maximum atomic E-state index is 5.28. The zero-order valence-electron chi connectivity index (χ0n) is 77.7. The zero-order valence-corrected chi connectivity index (χ0v) is 86.2. The van der Waals surface area contributed by atoms with Gasteiger partial charge in [0.1, 0.15) is 0 Å². The molecule has 4 nitrogen and oxygen atoms in total. The minimum Gasteiger partial charge on any atom is -0.411 e. The van der Waals surface area contributed by atoms with Crippen molar-refractivity contribution in [1.82, 2.24) is 19.6 Å². The fourth-order valence-corrected chi connectivity index (χ4v) is 17.0. The van der Waals surface area contributed by atoms with Gasteiger partial charge >= 0.3 is 21.1 Å². The SMILES string of the molecule is CCCCCCCCCCCCCCCCN(CCCCCCCC)C(=S)[S-].CCCCCCCCCCCCCCCCN(CCCCCCCC)C(=S)[S-].CCCCCCCCCCCCCCCCN(CCCCCCCC)C(=S)[S-].CCCCCCCCCCCCCCCCN(CCCCCCCC)C(=S)[S-].[Mo+4]. The van der Waals surface area contributed by atoms with Crippen LogP contribution >= 0.6 is 48.9 Å². The second-order valence-corrected chi connectivity index (χ2v) is 38.6. The third-order valence-corrected chi connectivity index (χ3v) is 25.4. The molecule has 0 N–H and O–H groups in total. The Bertz CT molecular complexity index is 1530. The first-order valence-corrected chi connectivity index (χ1v) is 54.0. The van der Waals surface area contributed by atoms with Gasteiger partial charge in [0.25, 0.3) is 0 Å². The van der Waals surface area contributed by atoms with Crippen LogP contribution in [-0.2, 0) is 71.6 Å². The average Bonchev–Trinajstić information content (AvgIpc) is 0.991. The van der Waals surface area contributed by atoms with Gasteiger partial charge in [-0.1, -0.05) is 535 Å². The van der Waals surface area contributed by atoms with Crippen molar-refractivity contribution in [1.29, 1.82) is 0 Å². The smallest absolute Gasteiger partial charge is 0.411 e. The molecule has 0 bridgehead atoms. The van der Waals surface area contributed by atoms with E-state index in [2.05, 4.69) is 75.0 Å². The van der Waals surface area contributed by atoms with E-state index in [9.17, 15) is 0 Å². The Labute approximate surface area is 771 Å². The van der Waals surface area contributed by atoms with Crippen LogP contribution in [-0.4, -0.2) is 89.2 Å². The van der Waals surface area contributed by atoms with Gasteiger partial charge in [0.15, 0.2) is 0 Å². The molecular formula is C100H200MoN4S8. The maximum Gasteiger partial charge on any atom is 4.00 e. The van der Waals surface area contributed by atoms with E-state index in [0.717, 1.165) is 52.4 Å². The van der Waals surface area contributed by atoms with Crippen molar-refractivity contribution in [3.63, 3.8) is 0 Å². The van der Waals surface area contributed by atoms with Gasteiger partial charge in [0.05, 0.1) is 0 Å². The number of nitrogens with zero attached hydrogens (tertiary/aromatic N) is 4. The van der Waals surface area contributed by atoms with Crippen LogP contribution in [0.4, 0.5) is 0 Å². The second-order valence-electron chi connectivity index (χ2n) is 34.5. The van der Waals surface area contributed by atoms with Crippen molar-refractivity contribution in [2.24, 2.45) is 0 Å². The summed E-state index contributed by atoms with van der Waals surface area (Å²) in [6, 6.07) is 0. The fourth-order valence-electron chi connectivity index (χ4n) is 15.5. The molecule has 0 aliphatic carbocycles. The molecule has 0 aliphatic rings. The molecule has 0 radical (unpaired) electrons. The minimum atomic E-state index is 0. The van der Waals surface area contributed by atoms with Crippen molar-refractivity contribution >= 4 is 117 Å². The van der Waals surface area contributed by atoms with E-state index in [1.165, 1.54) is 514 Å². The minimum absolute atomic E-state index is 0. The number of hydrogen-bond donors (Lipinski definition) is 0. The van der Waals surface area contributed by atoms with Gasteiger partial charge in [-0.05, 0) is 51.4 Å². The standard InChI is InChI=1S/4C25H51NS2.Mo/c4*1-3-5-7-9-11-12-13-14-15-16-17-18-20-22-24-26(25(27)28)23-21-19-10-8-6-4-2;/h4*3-24H2,1-2H3,(H,27,28);/q;;;;+4/p-4. The molecule has 0 saturated carbocycles. The van der Waals surface area contributed by atoms with E-state index in [0.29, 0.717) is 17.3 Å². The molecule has 0 aromatic heterocycles. The van der Waals surface area contributed by atoms with Gasteiger partial charge in [0.2, 0.25) is 0 Å². The first kappa shape index (κ1) is 123. The van der Waals surface area contributed by atoms with Crippen LogP contribution < -0.4 is 0 Å². The molecule has 674 valence electrons. The van der Waals surface area contributed by atoms with Gasteiger partial charge < -0.3 is 119 Å². The Morgan fingerprint density at radius 1 is 0.133 bits per heavy atom. The number of rotatable bonds is 88. The summed E-state index contributed by atoms with van der Waals surface area (Å²) in [6.45, 7) is 26.9. The van der Waals surface area contributed by atoms with Crippen LogP contribution in [0.5, 0.6) is 0 Å². The predicted octanol–water partition coefficient (Wildman–Crippen LogP) is 35.8. The van der Waals surface area contributed by atoms with Gasteiger partial charge in [-0.2, -0.15) is 0 Å². The van der Waals surface area contributed by atoms with Crippen LogP contribution in [0.3, 0.4) is 0 Å². The summed E-state index contributed by atoms with van der Waals surface area (Å²) in [5, 5.41) is 0. The normalized spacial score (nSPS) is 11.0. The largest absolute Gasteiger partial charge is 4.00 e. The first-order chi connectivity index (χ1) is 54.9. The van der Waals surface area contributed by atoms with E-state index >= 15 is 0 Å². The van der Waals surface area contributed by atoms with E-state index in [1.54, 1.807) is 0 Å². The first-order valence-electron chi connectivity index (χ1n) is 50.7. The number of hydrogen-bond acceptors (Lipinski definition) is 8. The number of unbranched alkanes of at least 4 members (excludes halogenated alkanes) is 72. The van der Waals surface area contributed by atoms with Crippen LogP contribution in [0.1, 0.15) is 569 Å². The topological polar surface area (TPSA) is 13.0 Å². The molecule has 0 rings (SSSR count). The predicted molar refractivity (Wildman–Crippen MR) is 541 cm³/mol. The number of thiocarbonyl (C=S) groups is 4. The Kier molecular flexibility index (Phi) is 121. The van der Waals surface area contributed by atoms with E-state index in [1.807, 2.05) is 0 Å². The fraction of sp³-hybridized carbons (Fsp3) is 0.960. The summed E-state index contributed by atoms with van der Waals surface area (Å²) in [5.74, 6) is 0. The molecule has 0 amide bonds. The molecule has 0 aliphatic heterocycles. The quantitative estimate of drug-likeness (QED) is 0.0249. The monoisotopic (exact) mass is 1810 g/mol. The van der Waals surface area contributed by atoms with Gasteiger partial charge in [-0.25, -0.2) is 0 Å². The van der Waals surface area contributed by atoms with Crippen LogP contribution in [0.15, 0.2) is 0 Å². The van der Waals surface area contributed by atoms with Crippen molar-refractivity contribution < 1.29 is 21.1 Å². The zero-order chi connectivity index (χ0) is 82.8. The van der Waals surface area contributed by atoms with Crippen LogP contribution in [0.2, 0.25) is 0 Å². The van der Waals surface area contributed by atoms with E-state index in [4.69, 9.17) is 99.4 Å². The molecule has 13 heteroatoms. The summed E-state index contributed by atoms with van der Waals surface area (Å²) in [5.41, 5.74) is 0. The summed E-state index contributed by atoms with van der Waals surface area (Å²) in [4.78, 5) is 9.08. The van der Waals surface area contributed by atoms with E-state index in [-0.39, 0.29) is 21.1 Å². The van der Waals surface area contributed by atoms with Crippen LogP contribution in [0.25, 0.3) is 0 Å². The molecule has 0 saturated heterocycles. The van der Waals surface area contributed by atoms with Gasteiger partial charge in [0, 0.05) is 52.4 Å². The summed E-state index contributed by atoms with van der Waals surface area (Å²) in [6.07, 6.45) is 111. The van der Waals surface area contributed by atoms with Crippen molar-refractivity contribution in [2.75, 3.05) is 52.4 Å². The Morgan fingerprint density at radius 2 is 0.195 bits per heavy atom. The maximum absolute atomic E-state index is 5.28. The third-order valence-electron chi connectivity index (χ3n) is 23.3. The molecule has 113 heavy (non-hydrogen) atoms.